The van der Waals surface area contributed by atoms with E-state index in [1.165, 1.54) is 19.2 Å². The minimum Gasteiger partial charge on any atom is -0.348 e. The highest BCUT2D eigenvalue weighted by Crippen LogP contribution is 2.38. The zero-order valence-electron chi connectivity index (χ0n) is 15.3. The van der Waals surface area contributed by atoms with Gasteiger partial charge in [0.1, 0.15) is 5.69 Å². The molecule has 0 saturated heterocycles. The van der Waals surface area contributed by atoms with E-state index in [-0.39, 0.29) is 34.8 Å². The van der Waals surface area contributed by atoms with Gasteiger partial charge in [0.2, 0.25) is 0 Å². The average molecular weight is 369 g/mol. The van der Waals surface area contributed by atoms with Gasteiger partial charge in [-0.05, 0) is 50.7 Å². The number of aryl methyl sites for hydroxylation is 1. The first-order chi connectivity index (χ1) is 13.0. The fraction of sp³-hybridized carbons (Fsp3) is 0.526. The molecular formula is C19H23N5O3. The van der Waals surface area contributed by atoms with E-state index < -0.39 is 0 Å². The quantitative estimate of drug-likeness (QED) is 0.871. The molecule has 4 rings (SSSR count). The normalized spacial score (nSPS) is 22.4. The van der Waals surface area contributed by atoms with Crippen LogP contribution in [0.1, 0.15) is 66.7 Å². The van der Waals surface area contributed by atoms with Crippen molar-refractivity contribution in [2.45, 2.75) is 56.5 Å². The first kappa shape index (κ1) is 17.6. The highest BCUT2D eigenvalue weighted by Gasteiger charge is 2.28. The van der Waals surface area contributed by atoms with Gasteiger partial charge in [-0.15, -0.1) is 0 Å². The molecule has 2 aromatic rings. The summed E-state index contributed by atoms with van der Waals surface area (Å²) >= 11 is 0. The molecule has 8 heteroatoms. The molecular weight excluding hydrogens is 346 g/mol. The number of amides is 1. The van der Waals surface area contributed by atoms with Crippen LogP contribution in [0.5, 0.6) is 0 Å². The van der Waals surface area contributed by atoms with Crippen molar-refractivity contribution < 1.29 is 4.79 Å². The third-order valence-corrected chi connectivity index (χ3v) is 5.41. The van der Waals surface area contributed by atoms with Crippen molar-refractivity contribution in [3.8, 4) is 0 Å². The minimum absolute atomic E-state index is 0.0371. The second-order valence-electron chi connectivity index (χ2n) is 7.47. The zero-order valence-corrected chi connectivity index (χ0v) is 15.3. The Hall–Kier alpha value is -2.77. The van der Waals surface area contributed by atoms with Crippen LogP contribution in [0.25, 0.3) is 0 Å². The van der Waals surface area contributed by atoms with Gasteiger partial charge < -0.3 is 5.32 Å². The lowest BCUT2D eigenvalue weighted by atomic mass is 9.91. The summed E-state index contributed by atoms with van der Waals surface area (Å²) < 4.78 is 2.79. The Balaban J connectivity index is 1.38. The van der Waals surface area contributed by atoms with E-state index in [0.717, 1.165) is 48.9 Å². The first-order valence-corrected chi connectivity index (χ1v) is 9.46. The molecule has 142 valence electrons. The third kappa shape index (κ3) is 3.84. The first-order valence-electron chi connectivity index (χ1n) is 9.46. The smallest absolute Gasteiger partial charge is 0.271 e. The largest absolute Gasteiger partial charge is 0.348 e. The Labute approximate surface area is 156 Å². The molecule has 2 aromatic heterocycles. The predicted molar refractivity (Wildman–Crippen MR) is 98.7 cm³/mol. The summed E-state index contributed by atoms with van der Waals surface area (Å²) in [5.74, 6) is 0.238. The lowest BCUT2D eigenvalue weighted by Crippen LogP contribution is -2.40. The molecule has 2 aliphatic carbocycles. The van der Waals surface area contributed by atoms with Crippen molar-refractivity contribution in [1.29, 1.82) is 0 Å². The zero-order chi connectivity index (χ0) is 19.0. The van der Waals surface area contributed by atoms with Gasteiger partial charge in [0.05, 0.1) is 11.7 Å². The number of nitrogens with zero attached hydrogens (tertiary/aromatic N) is 4. The third-order valence-electron chi connectivity index (χ3n) is 5.41. The summed E-state index contributed by atoms with van der Waals surface area (Å²) in [5.41, 5.74) is 0.944. The number of hydrogen-bond donors (Lipinski definition) is 1. The summed E-state index contributed by atoms with van der Waals surface area (Å²) in [7, 11) is 1.52. The molecule has 27 heavy (non-hydrogen) atoms. The highest BCUT2D eigenvalue weighted by molar-refractivity contribution is 5.92. The second kappa shape index (κ2) is 7.09. The molecule has 8 nitrogen and oxygen atoms in total. The van der Waals surface area contributed by atoms with Crippen molar-refractivity contribution in [3.63, 3.8) is 0 Å². The standard InChI is InChI=1S/C19H23N5O3/c1-23-17(25)10-9-16(21-23)19(27)20-13-4-6-14(7-5-13)24-18(26)11-8-15(22-24)12-2-3-12/h8-14H,2-7H2,1H3,(H,20,27). The number of carbonyl (C=O) groups excluding carboxylic acids is 1. The fourth-order valence-corrected chi connectivity index (χ4v) is 3.65. The molecule has 0 bridgehead atoms. The number of carbonyl (C=O) groups is 1. The minimum atomic E-state index is -0.278. The number of hydrogen-bond acceptors (Lipinski definition) is 5. The van der Waals surface area contributed by atoms with Crippen molar-refractivity contribution in [2.24, 2.45) is 7.05 Å². The van der Waals surface area contributed by atoms with Crippen LogP contribution in [0.2, 0.25) is 0 Å². The molecule has 2 saturated carbocycles. The lowest BCUT2D eigenvalue weighted by Gasteiger charge is -2.29. The Kier molecular flexibility index (Phi) is 4.63. The average Bonchev–Trinajstić information content (AvgIpc) is 3.50. The molecule has 0 aromatic carbocycles. The van der Waals surface area contributed by atoms with E-state index in [2.05, 4.69) is 15.5 Å². The Morgan fingerprint density at radius 3 is 2.33 bits per heavy atom. The Morgan fingerprint density at radius 1 is 0.963 bits per heavy atom. The molecule has 2 heterocycles. The molecule has 0 atom stereocenters. The second-order valence-corrected chi connectivity index (χ2v) is 7.47. The van der Waals surface area contributed by atoms with E-state index in [4.69, 9.17) is 0 Å². The predicted octanol–water partition coefficient (Wildman–Crippen LogP) is 1.13. The van der Waals surface area contributed by atoms with E-state index in [9.17, 15) is 14.4 Å². The molecule has 1 N–H and O–H groups in total. The fourth-order valence-electron chi connectivity index (χ4n) is 3.65. The van der Waals surface area contributed by atoms with Gasteiger partial charge in [-0.2, -0.15) is 10.2 Å². The van der Waals surface area contributed by atoms with Crippen LogP contribution in [-0.4, -0.2) is 31.5 Å². The number of rotatable bonds is 4. The lowest BCUT2D eigenvalue weighted by molar-refractivity contribution is 0.0914. The van der Waals surface area contributed by atoms with Crippen molar-refractivity contribution in [2.75, 3.05) is 0 Å². The van der Waals surface area contributed by atoms with Crippen LogP contribution in [0.4, 0.5) is 0 Å². The van der Waals surface area contributed by atoms with Crippen molar-refractivity contribution in [3.05, 3.63) is 56.4 Å². The van der Waals surface area contributed by atoms with Crippen LogP contribution in [0.3, 0.4) is 0 Å². The maximum atomic E-state index is 12.4. The SMILES string of the molecule is Cn1nc(C(=O)NC2CCC(n3nc(C4CC4)ccc3=O)CC2)ccc1=O. The number of nitrogens with one attached hydrogen (secondary N) is 1. The maximum Gasteiger partial charge on any atom is 0.271 e. The van der Waals surface area contributed by atoms with Crippen LogP contribution < -0.4 is 16.4 Å². The van der Waals surface area contributed by atoms with Gasteiger partial charge >= 0.3 is 0 Å². The van der Waals surface area contributed by atoms with Crippen molar-refractivity contribution >= 4 is 5.91 Å². The van der Waals surface area contributed by atoms with Gasteiger partial charge in [-0.25, -0.2) is 9.36 Å². The summed E-state index contributed by atoms with van der Waals surface area (Å²) in [6, 6.07) is 6.37. The van der Waals surface area contributed by atoms with Crippen LogP contribution in [-0.2, 0) is 7.05 Å². The van der Waals surface area contributed by atoms with Gasteiger partial charge in [0.15, 0.2) is 0 Å². The van der Waals surface area contributed by atoms with Gasteiger partial charge in [0.25, 0.3) is 17.0 Å². The summed E-state index contributed by atoms with van der Waals surface area (Å²) in [5, 5.41) is 11.5. The highest BCUT2D eigenvalue weighted by atomic mass is 16.2. The summed E-state index contributed by atoms with van der Waals surface area (Å²) in [4.78, 5) is 36.0. The van der Waals surface area contributed by atoms with E-state index in [0.29, 0.717) is 5.92 Å². The van der Waals surface area contributed by atoms with E-state index in [1.807, 2.05) is 6.07 Å². The van der Waals surface area contributed by atoms with Crippen molar-refractivity contribution in [1.82, 2.24) is 24.9 Å². The molecule has 0 radical (unpaired) electrons. The maximum absolute atomic E-state index is 12.4. The van der Waals surface area contributed by atoms with Crippen LogP contribution >= 0.6 is 0 Å². The molecule has 2 aliphatic rings. The van der Waals surface area contributed by atoms with Crippen LogP contribution in [0, 0.1) is 0 Å². The molecule has 0 aliphatic heterocycles. The Morgan fingerprint density at radius 2 is 1.67 bits per heavy atom. The topological polar surface area (TPSA) is 98.9 Å². The number of aromatic nitrogens is 4. The van der Waals surface area contributed by atoms with Gasteiger partial charge in [0, 0.05) is 31.1 Å². The van der Waals surface area contributed by atoms with E-state index >= 15 is 0 Å². The molecule has 0 unspecified atom stereocenters. The van der Waals surface area contributed by atoms with Crippen LogP contribution in [0.15, 0.2) is 33.9 Å². The van der Waals surface area contributed by atoms with Gasteiger partial charge in [-0.3, -0.25) is 14.4 Å². The summed E-state index contributed by atoms with van der Waals surface area (Å²) in [6.45, 7) is 0. The molecule has 0 spiro atoms. The Bertz CT molecular complexity index is 968. The summed E-state index contributed by atoms with van der Waals surface area (Å²) in [6.07, 6.45) is 5.47. The molecule has 2 fully saturated rings. The van der Waals surface area contributed by atoms with Gasteiger partial charge in [-0.1, -0.05) is 0 Å². The monoisotopic (exact) mass is 369 g/mol. The molecule has 1 amide bonds. The van der Waals surface area contributed by atoms with E-state index in [1.54, 1.807) is 10.7 Å².